The highest BCUT2D eigenvalue weighted by Crippen LogP contribution is 2.15. The number of aromatic nitrogens is 2. The highest BCUT2D eigenvalue weighted by molar-refractivity contribution is 7.07. The first-order chi connectivity index (χ1) is 8.20. The predicted molar refractivity (Wildman–Crippen MR) is 66.0 cm³/mol. The van der Waals surface area contributed by atoms with Crippen LogP contribution in [-0.2, 0) is 6.54 Å². The maximum absolute atomic E-state index is 10.9. The lowest BCUT2D eigenvalue weighted by molar-refractivity contribution is 1.04. The van der Waals surface area contributed by atoms with Gasteiger partial charge in [-0.2, -0.15) is 5.26 Å². The summed E-state index contributed by atoms with van der Waals surface area (Å²) in [6.07, 6.45) is 1.65. The van der Waals surface area contributed by atoms with Gasteiger partial charge in [0.2, 0.25) is 0 Å². The van der Waals surface area contributed by atoms with E-state index in [-0.39, 0.29) is 4.87 Å². The highest BCUT2D eigenvalue weighted by Gasteiger charge is 2.06. The van der Waals surface area contributed by atoms with Crippen molar-refractivity contribution in [2.75, 3.05) is 5.32 Å². The third-order valence-corrected chi connectivity index (χ3v) is 3.01. The van der Waals surface area contributed by atoms with Crippen LogP contribution in [0.2, 0.25) is 0 Å². The predicted octanol–water partition coefficient (Wildman–Crippen LogP) is 1.62. The molecule has 0 saturated heterocycles. The van der Waals surface area contributed by atoms with Gasteiger partial charge in [0.05, 0.1) is 12.1 Å². The van der Waals surface area contributed by atoms with Gasteiger partial charge in [-0.3, -0.25) is 4.79 Å². The molecular weight excluding hydrogens is 236 g/mol. The number of rotatable bonds is 3. The Morgan fingerprint density at radius 3 is 3.12 bits per heavy atom. The monoisotopic (exact) mass is 246 g/mol. The molecule has 0 aliphatic heterocycles. The number of aromatic amines is 1. The van der Waals surface area contributed by atoms with Crippen LogP contribution in [0, 0.1) is 18.3 Å². The van der Waals surface area contributed by atoms with E-state index in [0.717, 1.165) is 22.6 Å². The van der Waals surface area contributed by atoms with Crippen molar-refractivity contribution in [1.29, 1.82) is 5.26 Å². The summed E-state index contributed by atoms with van der Waals surface area (Å²) in [6, 6.07) is 3.90. The van der Waals surface area contributed by atoms with Crippen molar-refractivity contribution >= 4 is 17.2 Å². The van der Waals surface area contributed by atoms with Crippen LogP contribution in [0.1, 0.15) is 16.8 Å². The summed E-state index contributed by atoms with van der Waals surface area (Å²) in [5.41, 5.74) is 2.20. The van der Waals surface area contributed by atoms with E-state index < -0.39 is 0 Å². The van der Waals surface area contributed by atoms with Crippen molar-refractivity contribution in [3.05, 3.63) is 44.1 Å². The van der Waals surface area contributed by atoms with Crippen LogP contribution in [0.4, 0.5) is 5.82 Å². The van der Waals surface area contributed by atoms with Crippen LogP contribution in [0.5, 0.6) is 0 Å². The number of hydrogen-bond donors (Lipinski definition) is 2. The van der Waals surface area contributed by atoms with Crippen molar-refractivity contribution in [2.24, 2.45) is 0 Å². The van der Waals surface area contributed by atoms with E-state index in [9.17, 15) is 4.79 Å². The standard InChI is InChI=1S/C11H10N4OS/c1-7-2-3-13-10(9(7)4-12)14-5-8-6-17-11(16)15-8/h2-3,6H,5H2,1H3,(H,13,14)(H,15,16). The summed E-state index contributed by atoms with van der Waals surface area (Å²) < 4.78 is 0. The molecule has 2 rings (SSSR count). The van der Waals surface area contributed by atoms with Gasteiger partial charge in [0, 0.05) is 17.3 Å². The largest absolute Gasteiger partial charge is 0.363 e. The zero-order chi connectivity index (χ0) is 12.3. The molecule has 0 spiro atoms. The molecule has 6 heteroatoms. The van der Waals surface area contributed by atoms with Gasteiger partial charge < -0.3 is 10.3 Å². The molecule has 5 nitrogen and oxygen atoms in total. The number of thiazole rings is 1. The fourth-order valence-corrected chi connectivity index (χ4v) is 1.99. The molecule has 0 aliphatic rings. The Balaban J connectivity index is 2.17. The van der Waals surface area contributed by atoms with Crippen molar-refractivity contribution < 1.29 is 0 Å². The summed E-state index contributed by atoms with van der Waals surface area (Å²) >= 11 is 1.12. The normalized spacial score (nSPS) is 9.88. The van der Waals surface area contributed by atoms with Crippen molar-refractivity contribution in [2.45, 2.75) is 13.5 Å². The van der Waals surface area contributed by atoms with E-state index >= 15 is 0 Å². The molecule has 2 aromatic heterocycles. The molecule has 2 aromatic rings. The Labute approximate surface area is 102 Å². The van der Waals surface area contributed by atoms with Gasteiger partial charge in [-0.05, 0) is 18.6 Å². The fraction of sp³-hybridized carbons (Fsp3) is 0.182. The number of hydrogen-bond acceptors (Lipinski definition) is 5. The second-order valence-electron chi connectivity index (χ2n) is 3.49. The van der Waals surface area contributed by atoms with E-state index in [1.807, 2.05) is 6.92 Å². The summed E-state index contributed by atoms with van der Waals surface area (Å²) in [5.74, 6) is 0.541. The lowest BCUT2D eigenvalue weighted by atomic mass is 10.1. The van der Waals surface area contributed by atoms with Crippen molar-refractivity contribution in [3.8, 4) is 6.07 Å². The number of nitrogens with zero attached hydrogens (tertiary/aromatic N) is 2. The molecule has 0 aliphatic carbocycles. The van der Waals surface area contributed by atoms with E-state index in [1.54, 1.807) is 17.6 Å². The molecular formula is C11H10N4OS. The van der Waals surface area contributed by atoms with Crippen molar-refractivity contribution in [3.63, 3.8) is 0 Å². The topological polar surface area (TPSA) is 81.6 Å². The van der Waals surface area contributed by atoms with Gasteiger partial charge in [0.25, 0.3) is 0 Å². The minimum Gasteiger partial charge on any atom is -0.363 e. The van der Waals surface area contributed by atoms with Gasteiger partial charge >= 0.3 is 4.87 Å². The first-order valence-electron chi connectivity index (χ1n) is 4.97. The molecule has 0 amide bonds. The van der Waals surface area contributed by atoms with E-state index in [2.05, 4.69) is 21.4 Å². The van der Waals surface area contributed by atoms with Crippen LogP contribution in [0.25, 0.3) is 0 Å². The second-order valence-corrected chi connectivity index (χ2v) is 4.33. The minimum atomic E-state index is -0.0838. The van der Waals surface area contributed by atoms with Crippen LogP contribution < -0.4 is 10.2 Å². The molecule has 0 bridgehead atoms. The zero-order valence-corrected chi connectivity index (χ0v) is 9.97. The van der Waals surface area contributed by atoms with Gasteiger partial charge in [-0.25, -0.2) is 4.98 Å². The molecule has 0 unspecified atom stereocenters. The second kappa shape index (κ2) is 4.80. The van der Waals surface area contributed by atoms with E-state index in [0.29, 0.717) is 17.9 Å². The van der Waals surface area contributed by atoms with Crippen molar-refractivity contribution in [1.82, 2.24) is 9.97 Å². The Morgan fingerprint density at radius 1 is 1.65 bits per heavy atom. The molecule has 17 heavy (non-hydrogen) atoms. The van der Waals surface area contributed by atoms with Crippen LogP contribution >= 0.6 is 11.3 Å². The number of nitriles is 1. The average molecular weight is 246 g/mol. The minimum absolute atomic E-state index is 0.0838. The molecule has 2 N–H and O–H groups in total. The maximum Gasteiger partial charge on any atom is 0.304 e. The number of pyridine rings is 1. The SMILES string of the molecule is Cc1ccnc(NCc2csc(=O)[nH]2)c1C#N. The number of H-pyrrole nitrogens is 1. The van der Waals surface area contributed by atoms with Crippen LogP contribution in [0.3, 0.4) is 0 Å². The number of aryl methyl sites for hydroxylation is 1. The molecule has 2 heterocycles. The van der Waals surface area contributed by atoms with Gasteiger partial charge in [-0.1, -0.05) is 11.3 Å². The Kier molecular flexibility index (Phi) is 3.21. The quantitative estimate of drug-likeness (QED) is 0.862. The summed E-state index contributed by atoms with van der Waals surface area (Å²) in [6.45, 7) is 2.31. The first-order valence-corrected chi connectivity index (χ1v) is 5.85. The summed E-state index contributed by atoms with van der Waals surface area (Å²) in [7, 11) is 0. The molecule has 0 fully saturated rings. The van der Waals surface area contributed by atoms with Gasteiger partial charge in [-0.15, -0.1) is 0 Å². The Bertz CT molecular complexity index is 623. The Morgan fingerprint density at radius 2 is 2.47 bits per heavy atom. The lowest BCUT2D eigenvalue weighted by Gasteiger charge is -2.07. The van der Waals surface area contributed by atoms with Gasteiger partial charge in [0.1, 0.15) is 11.9 Å². The Hall–Kier alpha value is -2.13. The molecule has 86 valence electrons. The first kappa shape index (κ1) is 11.4. The molecule has 0 aromatic carbocycles. The average Bonchev–Trinajstić information content (AvgIpc) is 2.72. The van der Waals surface area contributed by atoms with Gasteiger partial charge in [0.15, 0.2) is 0 Å². The third kappa shape index (κ3) is 2.52. The van der Waals surface area contributed by atoms with Crippen LogP contribution in [-0.4, -0.2) is 9.97 Å². The smallest absolute Gasteiger partial charge is 0.304 e. The third-order valence-electron chi connectivity index (χ3n) is 2.29. The maximum atomic E-state index is 10.9. The molecule has 0 saturated carbocycles. The number of nitrogens with one attached hydrogen (secondary N) is 2. The summed E-state index contributed by atoms with van der Waals surface area (Å²) in [4.78, 5) is 17.7. The highest BCUT2D eigenvalue weighted by atomic mass is 32.1. The van der Waals surface area contributed by atoms with Crippen LogP contribution in [0.15, 0.2) is 22.4 Å². The molecule has 0 radical (unpaired) electrons. The van der Waals surface area contributed by atoms with E-state index in [1.165, 1.54) is 0 Å². The summed E-state index contributed by atoms with van der Waals surface area (Å²) in [5, 5.41) is 13.8. The lowest BCUT2D eigenvalue weighted by Crippen LogP contribution is -2.06. The molecule has 0 atom stereocenters. The fourth-order valence-electron chi connectivity index (χ4n) is 1.41. The zero-order valence-electron chi connectivity index (χ0n) is 9.15. The number of anilines is 1. The van der Waals surface area contributed by atoms with E-state index in [4.69, 9.17) is 5.26 Å².